The van der Waals surface area contributed by atoms with E-state index < -0.39 is 5.60 Å². The summed E-state index contributed by atoms with van der Waals surface area (Å²) in [6.45, 7) is 8.32. The van der Waals surface area contributed by atoms with Crippen molar-refractivity contribution in [2.75, 3.05) is 12.4 Å². The average Bonchev–Trinajstić information content (AvgIpc) is 2.76. The second kappa shape index (κ2) is 9.64. The second-order valence-corrected chi connectivity index (χ2v) is 9.23. The van der Waals surface area contributed by atoms with E-state index in [0.717, 1.165) is 70.3 Å². The van der Waals surface area contributed by atoms with Crippen molar-refractivity contribution in [1.29, 1.82) is 0 Å². The van der Waals surface area contributed by atoms with Crippen molar-refractivity contribution < 1.29 is 24.2 Å². The zero-order valence-corrected chi connectivity index (χ0v) is 19.2. The minimum atomic E-state index is -0.450. The Morgan fingerprint density at radius 3 is 2.61 bits per heavy atom. The van der Waals surface area contributed by atoms with Gasteiger partial charge in [0.2, 0.25) is 6.41 Å². The van der Waals surface area contributed by atoms with Crippen molar-refractivity contribution in [2.45, 2.75) is 52.6 Å². The quantitative estimate of drug-likeness (QED) is 0.608. The number of ether oxygens (including phenoxy) is 2. The van der Waals surface area contributed by atoms with Crippen LogP contribution in [0.4, 0.5) is 4.79 Å². The summed E-state index contributed by atoms with van der Waals surface area (Å²) in [4.78, 5) is 21.5. The van der Waals surface area contributed by atoms with Crippen molar-refractivity contribution in [3.05, 3.63) is 52.1 Å². The molecular formula is C24H29NO5S. The minimum absolute atomic E-state index is 0.340. The monoisotopic (exact) mass is 443 g/mol. The van der Waals surface area contributed by atoms with E-state index in [0.29, 0.717) is 24.5 Å². The van der Waals surface area contributed by atoms with Crippen molar-refractivity contribution in [3.63, 3.8) is 0 Å². The predicted octanol–water partition coefficient (Wildman–Crippen LogP) is 4.62. The Morgan fingerprint density at radius 1 is 1.23 bits per heavy atom. The highest BCUT2D eigenvalue weighted by molar-refractivity contribution is 8.13. The summed E-state index contributed by atoms with van der Waals surface area (Å²) in [6.07, 6.45) is 2.76. The van der Waals surface area contributed by atoms with Crippen LogP contribution in [0, 0.1) is 20.8 Å². The van der Waals surface area contributed by atoms with Crippen LogP contribution in [0.25, 0.3) is 0 Å². The van der Waals surface area contributed by atoms with Crippen molar-refractivity contribution in [3.8, 4) is 17.2 Å². The molecule has 0 bridgehead atoms. The third-order valence-electron chi connectivity index (χ3n) is 5.86. The number of aromatic hydroxyl groups is 1. The van der Waals surface area contributed by atoms with Crippen molar-refractivity contribution >= 4 is 23.4 Å². The molecule has 0 spiro atoms. The zero-order valence-electron chi connectivity index (χ0n) is 18.4. The number of benzene rings is 2. The van der Waals surface area contributed by atoms with E-state index in [1.807, 2.05) is 45.0 Å². The number of rotatable bonds is 7. The number of phenolic OH excluding ortho intramolecular Hbond substituents is 1. The Hall–Kier alpha value is -2.67. The Kier molecular flexibility index (Phi) is 7.15. The van der Waals surface area contributed by atoms with Gasteiger partial charge in [-0.05, 0) is 81.3 Å². The first kappa shape index (κ1) is 23.0. The summed E-state index contributed by atoms with van der Waals surface area (Å²) in [5.41, 5.74) is 4.47. The van der Waals surface area contributed by atoms with Crippen LogP contribution in [0.15, 0.2) is 24.3 Å². The highest BCUT2D eigenvalue weighted by atomic mass is 32.2. The molecule has 6 nitrogen and oxygen atoms in total. The lowest BCUT2D eigenvalue weighted by Gasteiger charge is -2.37. The molecule has 1 aliphatic heterocycles. The van der Waals surface area contributed by atoms with Gasteiger partial charge in [-0.1, -0.05) is 23.9 Å². The third kappa shape index (κ3) is 5.34. The maximum Gasteiger partial charge on any atom is 0.285 e. The van der Waals surface area contributed by atoms with Gasteiger partial charge in [0.1, 0.15) is 29.5 Å². The number of amides is 2. The van der Waals surface area contributed by atoms with E-state index in [4.69, 9.17) is 9.47 Å². The molecule has 0 saturated carbocycles. The normalized spacial score (nSPS) is 17.4. The summed E-state index contributed by atoms with van der Waals surface area (Å²) in [7, 11) is 0. The molecule has 1 aliphatic rings. The molecule has 1 unspecified atom stereocenters. The summed E-state index contributed by atoms with van der Waals surface area (Å²) < 4.78 is 12.4. The Balaban J connectivity index is 1.58. The minimum Gasteiger partial charge on any atom is -0.507 e. The van der Waals surface area contributed by atoms with Gasteiger partial charge in [0.05, 0.1) is 0 Å². The second-order valence-electron chi connectivity index (χ2n) is 8.16. The molecule has 0 aromatic heterocycles. The van der Waals surface area contributed by atoms with Gasteiger partial charge >= 0.3 is 0 Å². The molecule has 2 aromatic carbocycles. The van der Waals surface area contributed by atoms with Crippen molar-refractivity contribution in [1.82, 2.24) is 5.32 Å². The smallest absolute Gasteiger partial charge is 0.285 e. The van der Waals surface area contributed by atoms with Crippen molar-refractivity contribution in [2.24, 2.45) is 0 Å². The molecule has 166 valence electrons. The van der Waals surface area contributed by atoms with E-state index in [1.165, 1.54) is 0 Å². The molecule has 0 radical (unpaired) electrons. The SMILES string of the molecule is Cc1c(C)c2c(c(C)c1O)CCC(C)(COc1ccc(CCSC(=O)NC=O)cc1)O2. The number of hydrogen-bond acceptors (Lipinski definition) is 6. The molecule has 1 heterocycles. The third-order valence-corrected chi connectivity index (χ3v) is 6.65. The summed E-state index contributed by atoms with van der Waals surface area (Å²) in [5, 5.41) is 12.1. The number of carbonyl (C=O) groups excluding carboxylic acids is 2. The van der Waals surface area contributed by atoms with Gasteiger partial charge < -0.3 is 14.6 Å². The largest absolute Gasteiger partial charge is 0.507 e. The molecule has 0 fully saturated rings. The first-order valence-electron chi connectivity index (χ1n) is 10.3. The molecule has 1 atom stereocenters. The lowest BCUT2D eigenvalue weighted by molar-refractivity contribution is -0.108. The molecule has 7 heteroatoms. The number of fused-ring (bicyclic) bond motifs is 1. The predicted molar refractivity (Wildman–Crippen MR) is 122 cm³/mol. The molecule has 0 aliphatic carbocycles. The molecule has 2 amide bonds. The number of carbonyl (C=O) groups is 2. The van der Waals surface area contributed by atoms with E-state index in [9.17, 15) is 14.7 Å². The Labute approximate surface area is 187 Å². The highest BCUT2D eigenvalue weighted by Crippen LogP contribution is 2.43. The van der Waals surface area contributed by atoms with Crippen LogP contribution in [0.3, 0.4) is 0 Å². The first-order valence-corrected chi connectivity index (χ1v) is 11.3. The molecule has 2 aromatic rings. The van der Waals surface area contributed by atoms with E-state index in [1.54, 1.807) is 0 Å². The maximum atomic E-state index is 11.3. The van der Waals surface area contributed by atoms with Gasteiger partial charge in [0.15, 0.2) is 0 Å². The number of nitrogens with one attached hydrogen (secondary N) is 1. The lowest BCUT2D eigenvalue weighted by Crippen LogP contribution is -2.42. The van der Waals surface area contributed by atoms with Gasteiger partial charge in [-0.2, -0.15) is 0 Å². The van der Waals surface area contributed by atoms with Gasteiger partial charge in [-0.3, -0.25) is 14.9 Å². The zero-order chi connectivity index (χ0) is 22.6. The molecule has 0 saturated heterocycles. The summed E-state index contributed by atoms with van der Waals surface area (Å²) in [5.74, 6) is 2.60. The fourth-order valence-electron chi connectivity index (χ4n) is 3.74. The first-order chi connectivity index (χ1) is 14.7. The van der Waals surface area contributed by atoms with Gasteiger partial charge in [-0.25, -0.2) is 0 Å². The summed E-state index contributed by atoms with van der Waals surface area (Å²) in [6, 6.07) is 7.80. The number of hydrogen-bond donors (Lipinski definition) is 2. The number of aryl methyl sites for hydroxylation is 1. The van der Waals surface area contributed by atoms with E-state index >= 15 is 0 Å². The molecular weight excluding hydrogens is 414 g/mol. The summed E-state index contributed by atoms with van der Waals surface area (Å²) >= 11 is 1.08. The van der Waals surface area contributed by atoms with Crippen LogP contribution in [-0.2, 0) is 17.6 Å². The van der Waals surface area contributed by atoms with Crippen LogP contribution >= 0.6 is 11.8 Å². The molecule has 31 heavy (non-hydrogen) atoms. The average molecular weight is 444 g/mol. The van der Waals surface area contributed by atoms with Gasteiger partial charge in [0, 0.05) is 11.3 Å². The van der Waals surface area contributed by atoms with Crippen LogP contribution in [0.1, 0.15) is 41.2 Å². The highest BCUT2D eigenvalue weighted by Gasteiger charge is 2.35. The van der Waals surface area contributed by atoms with Gasteiger partial charge in [-0.15, -0.1) is 0 Å². The molecule has 2 N–H and O–H groups in total. The lowest BCUT2D eigenvalue weighted by atomic mass is 9.87. The maximum absolute atomic E-state index is 11.3. The van der Waals surface area contributed by atoms with Crippen LogP contribution in [0.2, 0.25) is 0 Å². The Bertz CT molecular complexity index is 973. The van der Waals surface area contributed by atoms with E-state index in [2.05, 4.69) is 12.2 Å². The van der Waals surface area contributed by atoms with Crippen LogP contribution < -0.4 is 14.8 Å². The molecule has 3 rings (SSSR count). The van der Waals surface area contributed by atoms with Gasteiger partial charge in [0.25, 0.3) is 5.24 Å². The topological polar surface area (TPSA) is 84.9 Å². The van der Waals surface area contributed by atoms with E-state index in [-0.39, 0.29) is 5.24 Å². The number of thioether (sulfide) groups is 1. The fraction of sp³-hybridized carbons (Fsp3) is 0.417. The van der Waals surface area contributed by atoms with Crippen LogP contribution in [0.5, 0.6) is 17.2 Å². The number of imide groups is 1. The Morgan fingerprint density at radius 2 is 1.94 bits per heavy atom. The standard InChI is InChI=1S/C24H29NO5S/c1-15-16(2)22-20(17(3)21(15)27)9-11-24(4,30-22)13-29-19-7-5-18(6-8-19)10-12-31-23(28)25-14-26/h5-8,14,27H,9-13H2,1-4H3,(H,25,26,28). The van der Waals surface area contributed by atoms with Crippen LogP contribution in [-0.4, -0.2) is 34.7 Å². The number of phenols is 1. The fourth-order valence-corrected chi connectivity index (χ4v) is 4.39.